The molecule has 0 atom stereocenters. The van der Waals surface area contributed by atoms with Crippen molar-refractivity contribution in [3.05, 3.63) is 60.6 Å². The van der Waals surface area contributed by atoms with Gasteiger partial charge < -0.3 is 13.7 Å². The number of benzene rings is 1. The van der Waals surface area contributed by atoms with Gasteiger partial charge in [0.05, 0.1) is 19.4 Å². The van der Waals surface area contributed by atoms with Gasteiger partial charge in [0.25, 0.3) is 0 Å². The van der Waals surface area contributed by atoms with E-state index in [-0.39, 0.29) is 11.6 Å². The lowest BCUT2D eigenvalue weighted by Gasteiger charge is -2.07. The van der Waals surface area contributed by atoms with Crippen LogP contribution in [0.2, 0.25) is 0 Å². The third-order valence-electron chi connectivity index (χ3n) is 2.89. The van der Waals surface area contributed by atoms with E-state index in [2.05, 4.69) is 10.2 Å². The van der Waals surface area contributed by atoms with Gasteiger partial charge in [-0.1, -0.05) is 23.9 Å². The first-order valence-corrected chi connectivity index (χ1v) is 7.72. The first kappa shape index (κ1) is 14.6. The molecular formula is C15H14FN3O2S. The van der Waals surface area contributed by atoms with Crippen molar-refractivity contribution in [2.24, 2.45) is 0 Å². The van der Waals surface area contributed by atoms with Crippen molar-refractivity contribution in [3.8, 4) is 5.75 Å². The molecule has 114 valence electrons. The predicted octanol–water partition coefficient (Wildman–Crippen LogP) is 3.23. The molecule has 5 nitrogen and oxygen atoms in total. The van der Waals surface area contributed by atoms with Crippen LogP contribution in [0.25, 0.3) is 0 Å². The molecule has 22 heavy (non-hydrogen) atoms. The zero-order valence-electron chi connectivity index (χ0n) is 11.7. The summed E-state index contributed by atoms with van der Waals surface area (Å²) in [7, 11) is 0. The van der Waals surface area contributed by atoms with Crippen LogP contribution in [0.15, 0.2) is 58.6 Å². The van der Waals surface area contributed by atoms with Crippen LogP contribution in [-0.2, 0) is 6.54 Å². The van der Waals surface area contributed by atoms with Gasteiger partial charge in [-0.15, -0.1) is 10.2 Å². The van der Waals surface area contributed by atoms with Crippen LogP contribution >= 0.6 is 11.8 Å². The van der Waals surface area contributed by atoms with Crippen molar-refractivity contribution in [2.45, 2.75) is 11.7 Å². The van der Waals surface area contributed by atoms with Crippen LogP contribution < -0.4 is 4.74 Å². The highest BCUT2D eigenvalue weighted by Gasteiger charge is 2.07. The van der Waals surface area contributed by atoms with E-state index < -0.39 is 0 Å². The molecule has 7 heteroatoms. The van der Waals surface area contributed by atoms with Crippen LogP contribution in [0, 0.1) is 5.82 Å². The summed E-state index contributed by atoms with van der Waals surface area (Å²) in [4.78, 5) is 0. The lowest BCUT2D eigenvalue weighted by atomic mass is 10.3. The molecule has 0 spiro atoms. The number of furan rings is 1. The number of thioether (sulfide) groups is 1. The molecule has 0 unspecified atom stereocenters. The molecule has 0 N–H and O–H groups in total. The third-order valence-corrected chi connectivity index (χ3v) is 3.84. The maximum absolute atomic E-state index is 13.4. The minimum Gasteiger partial charge on any atom is -0.490 e. The summed E-state index contributed by atoms with van der Waals surface area (Å²) in [5.41, 5.74) is 0. The van der Waals surface area contributed by atoms with E-state index >= 15 is 0 Å². The number of hydrogen-bond donors (Lipinski definition) is 0. The highest BCUT2D eigenvalue weighted by Crippen LogP contribution is 2.19. The average molecular weight is 319 g/mol. The molecule has 0 saturated heterocycles. The van der Waals surface area contributed by atoms with Gasteiger partial charge in [-0.3, -0.25) is 0 Å². The number of halogens is 1. The largest absolute Gasteiger partial charge is 0.490 e. The van der Waals surface area contributed by atoms with E-state index in [4.69, 9.17) is 9.15 Å². The lowest BCUT2D eigenvalue weighted by molar-refractivity contribution is 0.325. The second kappa shape index (κ2) is 7.13. The summed E-state index contributed by atoms with van der Waals surface area (Å²) < 4.78 is 26.0. The maximum Gasteiger partial charge on any atom is 0.191 e. The number of ether oxygens (including phenoxy) is 1. The number of aromatic nitrogens is 3. The van der Waals surface area contributed by atoms with E-state index in [1.165, 1.54) is 17.8 Å². The smallest absolute Gasteiger partial charge is 0.191 e. The van der Waals surface area contributed by atoms with Crippen LogP contribution in [0.5, 0.6) is 5.75 Å². The fraction of sp³-hybridized carbons (Fsp3) is 0.200. The van der Waals surface area contributed by atoms with Crippen molar-refractivity contribution < 1.29 is 13.5 Å². The van der Waals surface area contributed by atoms with E-state index in [0.717, 1.165) is 10.9 Å². The molecule has 3 aromatic rings. The summed E-state index contributed by atoms with van der Waals surface area (Å²) in [5, 5.41) is 8.74. The first-order valence-electron chi connectivity index (χ1n) is 6.73. The highest BCUT2D eigenvalue weighted by atomic mass is 32.2. The Kier molecular flexibility index (Phi) is 4.75. The Labute approximate surface area is 131 Å². The van der Waals surface area contributed by atoms with Gasteiger partial charge in [-0.05, 0) is 24.3 Å². The fourth-order valence-corrected chi connectivity index (χ4v) is 2.61. The van der Waals surface area contributed by atoms with E-state index in [1.54, 1.807) is 30.8 Å². The molecule has 0 fully saturated rings. The quantitative estimate of drug-likeness (QED) is 0.494. The Morgan fingerprint density at radius 3 is 2.95 bits per heavy atom. The number of hydrogen-bond acceptors (Lipinski definition) is 5. The van der Waals surface area contributed by atoms with Crippen molar-refractivity contribution >= 4 is 11.8 Å². The fourth-order valence-electron chi connectivity index (χ4n) is 1.88. The molecule has 0 aliphatic rings. The van der Waals surface area contributed by atoms with Gasteiger partial charge in [-0.25, -0.2) is 4.39 Å². The zero-order valence-corrected chi connectivity index (χ0v) is 12.5. The molecule has 0 bridgehead atoms. The molecule has 0 saturated carbocycles. The maximum atomic E-state index is 13.4. The third kappa shape index (κ3) is 3.67. The Balaban J connectivity index is 1.50. The summed E-state index contributed by atoms with van der Waals surface area (Å²) in [6.07, 6.45) is 3.29. The monoisotopic (exact) mass is 319 g/mol. The summed E-state index contributed by atoms with van der Waals surface area (Å²) in [5.74, 6) is 1.39. The minimum absolute atomic E-state index is 0.264. The van der Waals surface area contributed by atoms with Crippen LogP contribution in [0.3, 0.4) is 0 Å². The lowest BCUT2D eigenvalue weighted by Crippen LogP contribution is -2.04. The minimum atomic E-state index is -0.353. The van der Waals surface area contributed by atoms with Gasteiger partial charge in [0, 0.05) is 5.75 Å². The van der Waals surface area contributed by atoms with Gasteiger partial charge in [0.1, 0.15) is 12.1 Å². The number of rotatable bonds is 7. The normalized spacial score (nSPS) is 10.8. The predicted molar refractivity (Wildman–Crippen MR) is 80.5 cm³/mol. The molecule has 2 heterocycles. The molecule has 1 aromatic carbocycles. The number of para-hydroxylation sites is 1. The van der Waals surface area contributed by atoms with Crippen molar-refractivity contribution in [1.29, 1.82) is 0 Å². The highest BCUT2D eigenvalue weighted by molar-refractivity contribution is 7.99. The second-order valence-electron chi connectivity index (χ2n) is 4.45. The molecule has 0 radical (unpaired) electrons. The van der Waals surface area contributed by atoms with E-state index in [1.807, 2.05) is 16.7 Å². The standard InChI is InChI=1S/C15H14FN3O2S/c16-13-5-1-2-6-14(13)21-8-9-22-15-18-17-11-19(15)10-12-4-3-7-20-12/h1-7,11H,8-10H2. The van der Waals surface area contributed by atoms with Gasteiger partial charge in [0.15, 0.2) is 16.7 Å². The topological polar surface area (TPSA) is 53.1 Å². The average Bonchev–Trinajstić information content (AvgIpc) is 3.18. The van der Waals surface area contributed by atoms with E-state index in [9.17, 15) is 4.39 Å². The van der Waals surface area contributed by atoms with E-state index in [0.29, 0.717) is 18.9 Å². The Bertz CT molecular complexity index is 715. The molecule has 0 aliphatic carbocycles. The molecular weight excluding hydrogens is 305 g/mol. The zero-order chi connectivity index (χ0) is 15.2. The van der Waals surface area contributed by atoms with Gasteiger partial charge in [-0.2, -0.15) is 0 Å². The van der Waals surface area contributed by atoms with Crippen LogP contribution in [-0.4, -0.2) is 27.1 Å². The summed E-state index contributed by atoms with van der Waals surface area (Å²) >= 11 is 1.50. The summed E-state index contributed by atoms with van der Waals surface area (Å²) in [6, 6.07) is 10.1. The molecule has 2 aromatic heterocycles. The van der Waals surface area contributed by atoms with Crippen LogP contribution in [0.1, 0.15) is 5.76 Å². The molecule has 0 amide bonds. The van der Waals surface area contributed by atoms with Crippen molar-refractivity contribution in [3.63, 3.8) is 0 Å². The Morgan fingerprint density at radius 2 is 2.14 bits per heavy atom. The Morgan fingerprint density at radius 1 is 1.23 bits per heavy atom. The SMILES string of the molecule is Fc1ccccc1OCCSc1nncn1Cc1ccco1. The summed E-state index contributed by atoms with van der Waals surface area (Å²) in [6.45, 7) is 0.968. The first-order chi connectivity index (χ1) is 10.8. The van der Waals surface area contributed by atoms with Crippen molar-refractivity contribution in [1.82, 2.24) is 14.8 Å². The van der Waals surface area contributed by atoms with Crippen LogP contribution in [0.4, 0.5) is 4.39 Å². The van der Waals surface area contributed by atoms with Crippen molar-refractivity contribution in [2.75, 3.05) is 12.4 Å². The molecule has 3 rings (SSSR count). The Hall–Kier alpha value is -2.28. The number of nitrogens with zero attached hydrogens (tertiary/aromatic N) is 3. The van der Waals surface area contributed by atoms with Gasteiger partial charge in [0.2, 0.25) is 0 Å². The van der Waals surface area contributed by atoms with Gasteiger partial charge >= 0.3 is 0 Å². The molecule has 0 aliphatic heterocycles. The second-order valence-corrected chi connectivity index (χ2v) is 5.51.